The molecule has 0 bridgehead atoms. The van der Waals surface area contributed by atoms with Crippen LogP contribution in [0.5, 0.6) is 0 Å². The molecule has 3 rings (SSSR count). The van der Waals surface area contributed by atoms with Crippen molar-refractivity contribution in [3.05, 3.63) is 39.2 Å². The van der Waals surface area contributed by atoms with E-state index in [4.69, 9.17) is 12.2 Å². The number of nitrogens with zero attached hydrogens (tertiary/aromatic N) is 2. The fourth-order valence-electron chi connectivity index (χ4n) is 1.91. The molecule has 0 aliphatic carbocycles. The van der Waals surface area contributed by atoms with Crippen molar-refractivity contribution < 1.29 is 0 Å². The lowest BCUT2D eigenvalue weighted by Crippen LogP contribution is -2.10. The molecule has 1 atom stereocenters. The number of rotatable bonds is 2. The van der Waals surface area contributed by atoms with E-state index in [1.54, 1.807) is 29.4 Å². The van der Waals surface area contributed by atoms with Crippen LogP contribution in [0, 0.1) is 3.95 Å². The van der Waals surface area contributed by atoms with Crippen molar-refractivity contribution in [2.75, 3.05) is 11.6 Å². The molecule has 3 nitrogen and oxygen atoms in total. The van der Waals surface area contributed by atoms with E-state index in [0.717, 1.165) is 15.5 Å². The van der Waals surface area contributed by atoms with E-state index in [2.05, 4.69) is 33.3 Å². The van der Waals surface area contributed by atoms with Crippen LogP contribution in [-0.2, 0) is 0 Å². The van der Waals surface area contributed by atoms with Gasteiger partial charge in [-0.05, 0) is 30.6 Å². The number of hydrogen-bond acceptors (Lipinski definition) is 5. The Bertz CT molecular complexity index is 642. The van der Waals surface area contributed by atoms with E-state index >= 15 is 0 Å². The maximum absolute atomic E-state index is 5.48. The average molecular weight is 293 g/mol. The van der Waals surface area contributed by atoms with Crippen LogP contribution in [0.4, 0.5) is 5.82 Å². The molecule has 1 N–H and O–H groups in total. The van der Waals surface area contributed by atoms with Crippen molar-refractivity contribution in [3.63, 3.8) is 0 Å². The molecular weight excluding hydrogens is 282 g/mol. The normalized spacial score (nSPS) is 17.3. The Labute approximate surface area is 119 Å². The standard InChI is InChI=1S/C12H11N3S3/c1-17-11-9-10(13-7-14-11)15(12(16)18-9)8-5-3-2-4-6-8/h2-7,11H,1H3,(H,13,14)/t11-/m1/s1. The zero-order valence-corrected chi connectivity index (χ0v) is 12.1. The predicted molar refractivity (Wildman–Crippen MR) is 82.9 cm³/mol. The van der Waals surface area contributed by atoms with Gasteiger partial charge < -0.3 is 5.32 Å². The van der Waals surface area contributed by atoms with Crippen LogP contribution in [-0.4, -0.2) is 17.2 Å². The third-order valence-corrected chi connectivity index (χ3v) is 5.09. The summed E-state index contributed by atoms with van der Waals surface area (Å²) in [5.41, 5.74) is 1.09. The number of para-hydroxylation sites is 1. The number of thiazole rings is 1. The number of benzene rings is 1. The number of anilines is 1. The van der Waals surface area contributed by atoms with Crippen LogP contribution >= 0.6 is 35.3 Å². The molecule has 0 spiro atoms. The topological polar surface area (TPSA) is 29.3 Å². The molecular formula is C12H11N3S3. The number of nitrogens with one attached hydrogen (secondary N) is 1. The minimum Gasteiger partial charge on any atom is -0.331 e. The summed E-state index contributed by atoms with van der Waals surface area (Å²) in [6.45, 7) is 0. The average Bonchev–Trinajstić information content (AvgIpc) is 2.75. The van der Waals surface area contributed by atoms with Crippen molar-refractivity contribution in [2.24, 2.45) is 4.99 Å². The van der Waals surface area contributed by atoms with Crippen LogP contribution in [0.1, 0.15) is 10.3 Å². The molecule has 2 heterocycles. The predicted octanol–water partition coefficient (Wildman–Crippen LogP) is 4.08. The summed E-state index contributed by atoms with van der Waals surface area (Å²) < 4.78 is 2.92. The van der Waals surface area contributed by atoms with Gasteiger partial charge in [0.1, 0.15) is 11.2 Å². The minimum absolute atomic E-state index is 0.151. The second-order valence-corrected chi connectivity index (χ2v) is 6.36. The smallest absolute Gasteiger partial charge is 0.167 e. The molecule has 1 aliphatic rings. The number of aliphatic imine (C=N–C) groups is 1. The Morgan fingerprint density at radius 3 is 2.89 bits per heavy atom. The van der Waals surface area contributed by atoms with E-state index in [0.29, 0.717) is 0 Å². The quantitative estimate of drug-likeness (QED) is 0.846. The summed E-state index contributed by atoms with van der Waals surface area (Å²) in [7, 11) is 0. The minimum atomic E-state index is 0.151. The highest BCUT2D eigenvalue weighted by molar-refractivity contribution is 7.99. The molecule has 2 aromatic rings. The van der Waals surface area contributed by atoms with Gasteiger partial charge in [0.15, 0.2) is 3.95 Å². The Kier molecular flexibility index (Phi) is 3.23. The number of fused-ring (bicyclic) bond motifs is 1. The molecule has 1 aliphatic heterocycles. The van der Waals surface area contributed by atoms with E-state index in [9.17, 15) is 0 Å². The summed E-state index contributed by atoms with van der Waals surface area (Å²) in [6.07, 6.45) is 3.82. The third-order valence-electron chi connectivity index (χ3n) is 2.71. The maximum atomic E-state index is 5.48. The number of hydrogen-bond donors (Lipinski definition) is 1. The van der Waals surface area contributed by atoms with Crippen molar-refractivity contribution in [2.45, 2.75) is 5.37 Å². The molecule has 92 valence electrons. The highest BCUT2D eigenvalue weighted by Crippen LogP contribution is 2.41. The molecule has 0 saturated heterocycles. The number of aromatic nitrogens is 1. The molecule has 6 heteroatoms. The van der Waals surface area contributed by atoms with Gasteiger partial charge in [-0.3, -0.25) is 9.56 Å². The van der Waals surface area contributed by atoms with Crippen molar-refractivity contribution in [3.8, 4) is 5.69 Å². The fraction of sp³-hybridized carbons (Fsp3) is 0.167. The van der Waals surface area contributed by atoms with E-state index in [1.807, 2.05) is 18.2 Å². The van der Waals surface area contributed by atoms with Gasteiger partial charge in [0.05, 0.1) is 11.2 Å². The zero-order chi connectivity index (χ0) is 12.5. The van der Waals surface area contributed by atoms with Gasteiger partial charge in [-0.15, -0.1) is 23.1 Å². The Morgan fingerprint density at radius 1 is 1.39 bits per heavy atom. The highest BCUT2D eigenvalue weighted by Gasteiger charge is 2.23. The molecule has 1 aromatic carbocycles. The van der Waals surface area contributed by atoms with Gasteiger partial charge >= 0.3 is 0 Å². The fourth-order valence-corrected chi connectivity index (χ4v) is 4.20. The van der Waals surface area contributed by atoms with E-state index in [-0.39, 0.29) is 5.37 Å². The largest absolute Gasteiger partial charge is 0.331 e. The third kappa shape index (κ3) is 1.90. The molecule has 0 unspecified atom stereocenters. The van der Waals surface area contributed by atoms with Crippen molar-refractivity contribution in [1.29, 1.82) is 0 Å². The molecule has 0 fully saturated rings. The first kappa shape index (κ1) is 12.0. The maximum Gasteiger partial charge on any atom is 0.167 e. The van der Waals surface area contributed by atoms with Crippen LogP contribution in [0.2, 0.25) is 0 Å². The van der Waals surface area contributed by atoms with Crippen molar-refractivity contribution >= 4 is 47.5 Å². The molecule has 0 saturated carbocycles. The van der Waals surface area contributed by atoms with Gasteiger partial charge in [0, 0.05) is 5.69 Å². The zero-order valence-electron chi connectivity index (χ0n) is 9.66. The molecule has 0 amide bonds. The van der Waals surface area contributed by atoms with E-state index in [1.165, 1.54) is 4.88 Å². The number of thioether (sulfide) groups is 1. The summed E-state index contributed by atoms with van der Waals surface area (Å²) in [5.74, 6) is 1.05. The lowest BCUT2D eigenvalue weighted by atomic mass is 10.3. The van der Waals surface area contributed by atoms with E-state index < -0.39 is 0 Å². The van der Waals surface area contributed by atoms with Crippen LogP contribution < -0.4 is 5.32 Å². The first-order valence-electron chi connectivity index (χ1n) is 5.43. The van der Waals surface area contributed by atoms with Crippen LogP contribution in [0.25, 0.3) is 5.69 Å². The van der Waals surface area contributed by atoms with Gasteiger partial charge in [0.25, 0.3) is 0 Å². The lowest BCUT2D eigenvalue weighted by Gasteiger charge is -2.17. The monoisotopic (exact) mass is 293 g/mol. The summed E-state index contributed by atoms with van der Waals surface area (Å²) in [4.78, 5) is 5.61. The summed E-state index contributed by atoms with van der Waals surface area (Å²) in [5, 5.41) is 3.37. The van der Waals surface area contributed by atoms with Crippen LogP contribution in [0.15, 0.2) is 35.3 Å². The van der Waals surface area contributed by atoms with Crippen LogP contribution in [0.3, 0.4) is 0 Å². The SMILES string of the molecule is CS[C@H]1N=CNc2c1sc(=S)n2-c1ccccc1. The molecule has 0 radical (unpaired) electrons. The molecule has 1 aromatic heterocycles. The Balaban J connectivity index is 2.19. The molecule has 18 heavy (non-hydrogen) atoms. The second kappa shape index (κ2) is 4.87. The van der Waals surface area contributed by atoms with Gasteiger partial charge in [0.2, 0.25) is 0 Å². The summed E-state index contributed by atoms with van der Waals surface area (Å²) in [6, 6.07) is 10.2. The van der Waals surface area contributed by atoms with Gasteiger partial charge in [-0.2, -0.15) is 0 Å². The Morgan fingerprint density at radius 2 is 2.17 bits per heavy atom. The first-order valence-corrected chi connectivity index (χ1v) is 7.94. The van der Waals surface area contributed by atoms with Gasteiger partial charge in [-0.1, -0.05) is 18.2 Å². The summed E-state index contributed by atoms with van der Waals surface area (Å²) >= 11 is 8.82. The Hall–Kier alpha value is -1.11. The first-order chi connectivity index (χ1) is 8.81. The lowest BCUT2D eigenvalue weighted by molar-refractivity contribution is 1.00. The van der Waals surface area contributed by atoms with Crippen molar-refractivity contribution in [1.82, 2.24) is 4.57 Å². The van der Waals surface area contributed by atoms with Gasteiger partial charge in [-0.25, -0.2) is 0 Å². The second-order valence-electron chi connectivity index (χ2n) is 3.76. The highest BCUT2D eigenvalue weighted by atomic mass is 32.2.